The van der Waals surface area contributed by atoms with Gasteiger partial charge in [-0.3, -0.25) is 4.79 Å². The van der Waals surface area contributed by atoms with Crippen LogP contribution in [0.25, 0.3) is 20.8 Å². The van der Waals surface area contributed by atoms with Crippen LogP contribution in [0.4, 0.5) is 24.5 Å². The molecule has 0 saturated heterocycles. The second-order valence-corrected chi connectivity index (χ2v) is 8.74. The number of nitrogen functional groups attached to an aromatic ring is 1. The zero-order valence-corrected chi connectivity index (χ0v) is 18.1. The number of amides is 1. The number of aromatic nitrogens is 1. The van der Waals surface area contributed by atoms with E-state index in [4.69, 9.17) is 22.1 Å². The van der Waals surface area contributed by atoms with E-state index in [9.17, 15) is 18.0 Å². The number of nitrogens with one attached hydrogen (secondary N) is 1. The Morgan fingerprint density at radius 3 is 2.68 bits per heavy atom. The minimum Gasteiger partial charge on any atom is -0.495 e. The highest BCUT2D eigenvalue weighted by Gasteiger charge is 2.36. The molecule has 0 radical (unpaired) electrons. The van der Waals surface area contributed by atoms with Gasteiger partial charge in [0.15, 0.2) is 0 Å². The highest BCUT2D eigenvalue weighted by molar-refractivity contribution is 7.21. The predicted molar refractivity (Wildman–Crippen MR) is 118 cm³/mol. The van der Waals surface area contributed by atoms with E-state index >= 15 is 0 Å². The van der Waals surface area contributed by atoms with Crippen LogP contribution in [0.2, 0.25) is 5.02 Å². The third kappa shape index (κ3) is 4.06. The SMILES string of the molecule is COc1ccc(Cl)cc1NC(=O)c1sc2nc(-c3cccs3)cc(C(F)(F)F)c2c1N. The molecule has 0 aliphatic rings. The molecule has 3 heterocycles. The summed E-state index contributed by atoms with van der Waals surface area (Å²) in [5.74, 6) is -0.349. The van der Waals surface area contributed by atoms with Crippen LogP contribution in [-0.4, -0.2) is 18.0 Å². The van der Waals surface area contributed by atoms with E-state index in [1.165, 1.54) is 24.5 Å². The summed E-state index contributed by atoms with van der Waals surface area (Å²) in [6.45, 7) is 0. The first kappa shape index (κ1) is 21.4. The van der Waals surface area contributed by atoms with Crippen molar-refractivity contribution in [1.29, 1.82) is 0 Å². The van der Waals surface area contributed by atoms with Crippen LogP contribution in [0.15, 0.2) is 41.8 Å². The van der Waals surface area contributed by atoms with Gasteiger partial charge in [0.25, 0.3) is 5.91 Å². The molecule has 4 rings (SSSR count). The molecule has 31 heavy (non-hydrogen) atoms. The number of alkyl halides is 3. The lowest BCUT2D eigenvalue weighted by molar-refractivity contribution is -0.136. The molecule has 3 aromatic heterocycles. The Hall–Kier alpha value is -2.82. The van der Waals surface area contributed by atoms with Crippen molar-refractivity contribution in [3.63, 3.8) is 0 Å². The summed E-state index contributed by atoms with van der Waals surface area (Å²) in [5, 5.41) is 4.40. The number of ether oxygens (including phenoxy) is 1. The van der Waals surface area contributed by atoms with Gasteiger partial charge in [-0.05, 0) is 35.7 Å². The first-order valence-corrected chi connectivity index (χ1v) is 10.8. The minimum atomic E-state index is -4.67. The zero-order chi connectivity index (χ0) is 22.3. The fourth-order valence-corrected chi connectivity index (χ4v) is 4.89. The Bertz CT molecular complexity index is 1290. The van der Waals surface area contributed by atoms with Crippen molar-refractivity contribution in [3.05, 3.63) is 57.2 Å². The highest BCUT2D eigenvalue weighted by atomic mass is 35.5. The van der Waals surface area contributed by atoms with Crippen molar-refractivity contribution in [2.24, 2.45) is 0 Å². The van der Waals surface area contributed by atoms with E-state index in [-0.39, 0.29) is 32.2 Å². The summed E-state index contributed by atoms with van der Waals surface area (Å²) in [4.78, 5) is 17.7. The molecule has 1 amide bonds. The van der Waals surface area contributed by atoms with E-state index < -0.39 is 17.6 Å². The summed E-state index contributed by atoms with van der Waals surface area (Å²) in [7, 11) is 1.42. The second kappa shape index (κ2) is 8.03. The summed E-state index contributed by atoms with van der Waals surface area (Å²) < 4.78 is 46.6. The number of benzene rings is 1. The Kier molecular flexibility index (Phi) is 5.54. The minimum absolute atomic E-state index is 0.0268. The topological polar surface area (TPSA) is 77.2 Å². The predicted octanol–water partition coefficient (Wildman–Crippen LogP) is 6.54. The molecule has 5 nitrogen and oxygen atoms in total. The molecule has 0 saturated carbocycles. The van der Waals surface area contributed by atoms with Crippen LogP contribution in [0.3, 0.4) is 0 Å². The maximum absolute atomic E-state index is 13.8. The van der Waals surface area contributed by atoms with Gasteiger partial charge in [-0.2, -0.15) is 13.2 Å². The van der Waals surface area contributed by atoms with E-state index in [0.717, 1.165) is 17.4 Å². The van der Waals surface area contributed by atoms with Gasteiger partial charge in [0, 0.05) is 10.4 Å². The van der Waals surface area contributed by atoms with Crippen LogP contribution in [0, 0.1) is 0 Å². The number of halogens is 4. The van der Waals surface area contributed by atoms with E-state index in [0.29, 0.717) is 15.6 Å². The average Bonchev–Trinajstić information content (AvgIpc) is 3.35. The first-order chi connectivity index (χ1) is 14.7. The Morgan fingerprint density at radius 2 is 2.03 bits per heavy atom. The third-order valence-electron chi connectivity index (χ3n) is 4.39. The number of carbonyl (C=O) groups excluding carboxylic acids is 1. The number of rotatable bonds is 4. The molecule has 11 heteroatoms. The van der Waals surface area contributed by atoms with Crippen LogP contribution in [0.1, 0.15) is 15.2 Å². The standard InChI is InChI=1S/C20H13ClF3N3O2S2/c1-29-13-5-4-9(21)7-11(13)26-18(28)17-16(25)15-10(20(22,23)24)8-12(27-19(15)31-17)14-3-2-6-30-14/h2-8H,25H2,1H3,(H,26,28). The number of nitrogens with zero attached hydrogens (tertiary/aromatic N) is 1. The quantitative estimate of drug-likeness (QED) is 0.345. The molecular formula is C20H13ClF3N3O2S2. The number of pyridine rings is 1. The number of fused-ring (bicyclic) bond motifs is 1. The van der Waals surface area contributed by atoms with Crippen molar-refractivity contribution in [2.75, 3.05) is 18.2 Å². The molecule has 0 aliphatic carbocycles. The number of thiophene rings is 2. The average molecular weight is 484 g/mol. The number of methoxy groups -OCH3 is 1. The number of hydrogen-bond donors (Lipinski definition) is 2. The van der Waals surface area contributed by atoms with Crippen molar-refractivity contribution < 1.29 is 22.7 Å². The molecule has 0 fully saturated rings. The van der Waals surface area contributed by atoms with Crippen LogP contribution in [0.5, 0.6) is 5.75 Å². The normalized spacial score (nSPS) is 11.6. The monoisotopic (exact) mass is 483 g/mol. The molecule has 160 valence electrons. The molecule has 0 aliphatic heterocycles. The van der Waals surface area contributed by atoms with Gasteiger partial charge in [-0.1, -0.05) is 17.7 Å². The molecule has 1 aromatic carbocycles. The first-order valence-electron chi connectivity index (χ1n) is 8.68. The highest BCUT2D eigenvalue weighted by Crippen LogP contribution is 2.44. The van der Waals surface area contributed by atoms with Crippen LogP contribution < -0.4 is 15.8 Å². The van der Waals surface area contributed by atoms with E-state index in [1.807, 2.05) is 0 Å². The summed E-state index contributed by atoms with van der Waals surface area (Å²) in [6.07, 6.45) is -4.67. The lowest BCUT2D eigenvalue weighted by Gasteiger charge is -2.11. The molecule has 4 aromatic rings. The van der Waals surface area contributed by atoms with Gasteiger partial charge in [0.1, 0.15) is 15.5 Å². The van der Waals surface area contributed by atoms with Gasteiger partial charge >= 0.3 is 6.18 Å². The summed E-state index contributed by atoms with van der Waals surface area (Å²) in [5.41, 5.74) is 5.23. The number of nitrogens with two attached hydrogens (primary N) is 1. The Morgan fingerprint density at radius 1 is 1.26 bits per heavy atom. The smallest absolute Gasteiger partial charge is 0.417 e. The van der Waals surface area contributed by atoms with Gasteiger partial charge < -0.3 is 15.8 Å². The van der Waals surface area contributed by atoms with Gasteiger partial charge in [-0.25, -0.2) is 4.98 Å². The molecule has 0 atom stereocenters. The Balaban J connectivity index is 1.84. The van der Waals surface area contributed by atoms with Crippen LogP contribution >= 0.6 is 34.3 Å². The maximum atomic E-state index is 13.8. The van der Waals surface area contributed by atoms with Gasteiger partial charge in [0.05, 0.1) is 34.6 Å². The number of hydrogen-bond acceptors (Lipinski definition) is 6. The fourth-order valence-electron chi connectivity index (χ4n) is 3.02. The maximum Gasteiger partial charge on any atom is 0.417 e. The fraction of sp³-hybridized carbons (Fsp3) is 0.100. The summed E-state index contributed by atoms with van der Waals surface area (Å²) >= 11 is 8.03. The van der Waals surface area contributed by atoms with Gasteiger partial charge in [0.2, 0.25) is 0 Å². The third-order valence-corrected chi connectivity index (χ3v) is 6.62. The Labute approximate surface area is 187 Å². The van der Waals surface area contributed by atoms with Crippen molar-refractivity contribution >= 4 is 61.8 Å². The van der Waals surface area contributed by atoms with E-state index in [2.05, 4.69) is 10.3 Å². The lowest BCUT2D eigenvalue weighted by atomic mass is 10.1. The van der Waals surface area contributed by atoms with E-state index in [1.54, 1.807) is 29.6 Å². The number of carbonyl (C=O) groups is 1. The van der Waals surface area contributed by atoms with Crippen LogP contribution in [-0.2, 0) is 6.18 Å². The molecule has 0 spiro atoms. The lowest BCUT2D eigenvalue weighted by Crippen LogP contribution is -2.13. The number of anilines is 2. The van der Waals surface area contributed by atoms with Crippen molar-refractivity contribution in [2.45, 2.75) is 6.18 Å². The summed E-state index contributed by atoms with van der Waals surface area (Å²) in [6, 6.07) is 8.96. The molecule has 0 unspecified atom stereocenters. The molecule has 3 N–H and O–H groups in total. The largest absolute Gasteiger partial charge is 0.495 e. The molecular weight excluding hydrogens is 471 g/mol. The van der Waals surface area contributed by atoms with Crippen molar-refractivity contribution in [3.8, 4) is 16.3 Å². The second-order valence-electron chi connectivity index (χ2n) is 6.35. The van der Waals surface area contributed by atoms with Gasteiger partial charge in [-0.15, -0.1) is 22.7 Å². The van der Waals surface area contributed by atoms with Crippen molar-refractivity contribution in [1.82, 2.24) is 4.98 Å². The zero-order valence-electron chi connectivity index (χ0n) is 15.7. The molecule has 0 bridgehead atoms.